The topological polar surface area (TPSA) is 96.9 Å². The molecule has 0 spiro atoms. The highest BCUT2D eigenvalue weighted by atomic mass is 15.4. The van der Waals surface area contributed by atoms with Crippen LogP contribution in [0.4, 0.5) is 0 Å². The second-order valence-corrected chi connectivity index (χ2v) is 4.10. The summed E-state index contributed by atoms with van der Waals surface area (Å²) >= 11 is 0. The van der Waals surface area contributed by atoms with Crippen molar-refractivity contribution in [3.63, 3.8) is 0 Å². The van der Waals surface area contributed by atoms with Gasteiger partial charge in [0.1, 0.15) is 0 Å². The van der Waals surface area contributed by atoms with Gasteiger partial charge in [0.25, 0.3) is 0 Å². The molecule has 0 aliphatic carbocycles. The van der Waals surface area contributed by atoms with Gasteiger partial charge in [-0.05, 0) is 0 Å². The molecule has 114 valence electrons. The molecule has 1 fully saturated rings. The lowest BCUT2D eigenvalue weighted by Gasteiger charge is -1.83. The normalized spacial score (nSPS) is 20.4. The van der Waals surface area contributed by atoms with Gasteiger partial charge in [0, 0.05) is 58.2 Å². The number of hydrogen-bond acceptors (Lipinski definition) is 8. The average Bonchev–Trinajstić information content (AvgIpc) is 3.40. The highest BCUT2D eigenvalue weighted by Crippen LogP contribution is 1.75. The summed E-state index contributed by atoms with van der Waals surface area (Å²) in [4.78, 5) is 3.85. The first-order chi connectivity index (χ1) is 10.0. The minimum Gasteiger partial charge on any atom is -0.375 e. The largest absolute Gasteiger partial charge is 0.375 e. The van der Waals surface area contributed by atoms with E-state index in [-0.39, 0.29) is 0 Å². The maximum absolute atomic E-state index is 3.85. The van der Waals surface area contributed by atoms with E-state index in [0.29, 0.717) is 0 Å². The molecule has 1 saturated heterocycles. The first kappa shape index (κ1) is 16.4. The van der Waals surface area contributed by atoms with E-state index in [2.05, 4.69) is 42.3 Å². The van der Waals surface area contributed by atoms with E-state index in [1.54, 1.807) is 6.34 Å². The minimum atomic E-state index is 0.958. The Balaban J connectivity index is 0.000000133. The fraction of sp³-hybridized carbons (Fsp3) is 0.667. The number of nitrogens with one attached hydrogen (secondary N) is 6. The van der Waals surface area contributed by atoms with Crippen molar-refractivity contribution in [2.45, 2.75) is 6.42 Å². The molecule has 4 aliphatic heterocycles. The van der Waals surface area contributed by atoms with Gasteiger partial charge in [-0.3, -0.25) is 4.99 Å². The Morgan fingerprint density at radius 3 is 2.10 bits per heavy atom. The Kier molecular flexibility index (Phi) is 11.3. The van der Waals surface area contributed by atoms with Crippen LogP contribution in [0, 0.1) is 0 Å². The summed E-state index contributed by atoms with van der Waals surface area (Å²) in [5.41, 5.74) is 8.44. The Morgan fingerprint density at radius 2 is 1.90 bits per heavy atom. The summed E-state index contributed by atoms with van der Waals surface area (Å²) in [6, 6.07) is 0. The molecule has 0 radical (unpaired) electrons. The predicted molar refractivity (Wildman–Crippen MR) is 83.6 cm³/mol. The van der Waals surface area contributed by atoms with Crippen LogP contribution in [0.5, 0.6) is 0 Å². The lowest BCUT2D eigenvalue weighted by atomic mass is 10.5. The van der Waals surface area contributed by atoms with Crippen LogP contribution in [0.3, 0.4) is 0 Å². The fourth-order valence-electron chi connectivity index (χ4n) is 1.38. The second kappa shape index (κ2) is 13.8. The number of hydrazone groups is 1. The Morgan fingerprint density at radius 1 is 1.00 bits per heavy atom. The average molecular weight is 282 g/mol. The number of rotatable bonds is 0. The van der Waals surface area contributed by atoms with Crippen molar-refractivity contribution >= 4 is 12.6 Å². The quantitative estimate of drug-likeness (QED) is 0.318. The molecule has 0 atom stereocenters. The maximum atomic E-state index is 3.85. The molecule has 4 aliphatic rings. The van der Waals surface area contributed by atoms with Crippen molar-refractivity contribution < 1.29 is 0 Å². The molecule has 0 aromatic heterocycles. The van der Waals surface area contributed by atoms with Gasteiger partial charge in [0.2, 0.25) is 0 Å². The molecule has 4 rings (SSSR count). The molecule has 0 saturated carbocycles. The Hall–Kier alpha value is -1.64. The third-order valence-electron chi connectivity index (χ3n) is 2.39. The SMILES string of the molecule is C1=CNNC1.C1=NCCN1.C1=NNCC1.C1CNCN1. The lowest BCUT2D eigenvalue weighted by molar-refractivity contribution is 0.727. The van der Waals surface area contributed by atoms with E-state index < -0.39 is 0 Å². The standard InChI is InChI=1S/C3H8N2.3C3H6N2/c2*1-2-5-3-4-1;2*1-2-4-5-3-1/h4-5H,1-3H2;3H,1-2H2,(H,4,5);2,5H,1,3H2;1-2,4-5H,3H2. The summed E-state index contributed by atoms with van der Waals surface area (Å²) in [6.07, 6.45) is 8.60. The molecule has 6 N–H and O–H groups in total. The van der Waals surface area contributed by atoms with Crippen molar-refractivity contribution in [3.8, 4) is 0 Å². The summed E-state index contributed by atoms with van der Waals surface area (Å²) in [5.74, 6) is 0. The monoisotopic (exact) mass is 282 g/mol. The highest BCUT2D eigenvalue weighted by molar-refractivity contribution is 5.58. The zero-order valence-corrected chi connectivity index (χ0v) is 11.9. The molecular weight excluding hydrogens is 256 g/mol. The molecule has 8 heteroatoms. The van der Waals surface area contributed by atoms with Crippen molar-refractivity contribution in [1.82, 2.24) is 32.2 Å². The lowest BCUT2D eigenvalue weighted by Crippen LogP contribution is -2.19. The minimum absolute atomic E-state index is 0.958. The van der Waals surface area contributed by atoms with Crippen LogP contribution in [-0.2, 0) is 0 Å². The zero-order chi connectivity index (χ0) is 14.1. The first-order valence-corrected chi connectivity index (χ1v) is 7.01. The predicted octanol–water partition coefficient (Wildman–Crippen LogP) is -1.67. The van der Waals surface area contributed by atoms with Crippen LogP contribution in [0.2, 0.25) is 0 Å². The molecular formula is C12H26N8. The number of hydrogen-bond donors (Lipinski definition) is 6. The van der Waals surface area contributed by atoms with Gasteiger partial charge in [0.15, 0.2) is 0 Å². The summed E-state index contributed by atoms with van der Waals surface area (Å²) in [6.45, 7) is 7.25. The van der Waals surface area contributed by atoms with Crippen molar-refractivity contribution in [1.29, 1.82) is 0 Å². The maximum Gasteiger partial charge on any atom is 0.0825 e. The molecule has 0 unspecified atom stereocenters. The Bertz CT molecular complexity index is 222. The van der Waals surface area contributed by atoms with E-state index in [1.807, 2.05) is 18.5 Å². The van der Waals surface area contributed by atoms with Crippen LogP contribution in [0.25, 0.3) is 0 Å². The molecule has 0 bridgehead atoms. The molecule has 0 aromatic carbocycles. The van der Waals surface area contributed by atoms with Crippen LogP contribution in [0.15, 0.2) is 22.4 Å². The molecule has 8 nitrogen and oxygen atoms in total. The van der Waals surface area contributed by atoms with Gasteiger partial charge in [-0.25, -0.2) is 5.43 Å². The van der Waals surface area contributed by atoms with E-state index >= 15 is 0 Å². The second-order valence-electron chi connectivity index (χ2n) is 4.10. The third-order valence-corrected chi connectivity index (χ3v) is 2.39. The molecule has 0 aromatic rings. The van der Waals surface area contributed by atoms with Gasteiger partial charge in [-0.2, -0.15) is 5.10 Å². The Labute approximate surface area is 120 Å². The zero-order valence-electron chi connectivity index (χ0n) is 11.9. The van der Waals surface area contributed by atoms with Crippen LogP contribution in [0.1, 0.15) is 6.42 Å². The summed E-state index contributed by atoms with van der Waals surface area (Å²) < 4.78 is 0. The van der Waals surface area contributed by atoms with E-state index in [9.17, 15) is 0 Å². The number of nitrogens with zero attached hydrogens (tertiary/aromatic N) is 2. The van der Waals surface area contributed by atoms with Gasteiger partial charge >= 0.3 is 0 Å². The highest BCUT2D eigenvalue weighted by Gasteiger charge is 1.90. The van der Waals surface area contributed by atoms with Crippen molar-refractivity contribution in [2.24, 2.45) is 10.1 Å². The van der Waals surface area contributed by atoms with Gasteiger partial charge in [-0.1, -0.05) is 6.08 Å². The summed E-state index contributed by atoms with van der Waals surface area (Å²) in [5, 5.41) is 12.9. The van der Waals surface area contributed by atoms with Gasteiger partial charge in [-0.15, -0.1) is 0 Å². The van der Waals surface area contributed by atoms with Crippen LogP contribution < -0.4 is 32.2 Å². The van der Waals surface area contributed by atoms with Crippen molar-refractivity contribution in [3.05, 3.63) is 12.3 Å². The van der Waals surface area contributed by atoms with E-state index in [1.165, 1.54) is 0 Å². The van der Waals surface area contributed by atoms with Gasteiger partial charge < -0.3 is 26.8 Å². The van der Waals surface area contributed by atoms with Gasteiger partial charge in [0.05, 0.1) is 12.9 Å². The van der Waals surface area contributed by atoms with E-state index in [0.717, 1.165) is 52.4 Å². The number of aliphatic imine (C=N–C) groups is 1. The smallest absolute Gasteiger partial charge is 0.0825 e. The van der Waals surface area contributed by atoms with Crippen LogP contribution >= 0.6 is 0 Å². The first-order valence-electron chi connectivity index (χ1n) is 7.01. The molecule has 4 heterocycles. The summed E-state index contributed by atoms with van der Waals surface area (Å²) in [7, 11) is 0. The third kappa shape index (κ3) is 11.5. The molecule has 0 amide bonds. The van der Waals surface area contributed by atoms with Crippen molar-refractivity contribution in [2.75, 3.05) is 45.9 Å². The van der Waals surface area contributed by atoms with E-state index in [4.69, 9.17) is 0 Å². The fourth-order valence-corrected chi connectivity index (χ4v) is 1.38. The molecule has 20 heavy (non-hydrogen) atoms. The van der Waals surface area contributed by atoms with Crippen LogP contribution in [-0.4, -0.2) is 58.5 Å². The number of hydrazine groups is 1.